The van der Waals surface area contributed by atoms with E-state index in [1.165, 1.54) is 14.2 Å². The third-order valence-corrected chi connectivity index (χ3v) is 5.55. The smallest absolute Gasteiger partial charge is 0.780 e. The SMILES string of the molecule is COc1cc(/C2=C/CCCCc3c2ccc(OC)c3OP(=O)([O-])[O-])cc(OC)c1OC.[Na+].[Na+]. The second kappa shape index (κ2) is 13.4. The number of fused-ring (bicyclic) bond motifs is 1. The molecule has 33 heavy (non-hydrogen) atoms. The second-order valence-corrected chi connectivity index (χ2v) is 8.02. The van der Waals surface area contributed by atoms with Crippen molar-refractivity contribution in [1.82, 2.24) is 0 Å². The quantitative estimate of drug-likeness (QED) is 0.298. The van der Waals surface area contributed by atoms with Gasteiger partial charge in [-0.15, -0.1) is 0 Å². The second-order valence-electron chi connectivity index (χ2n) is 6.94. The van der Waals surface area contributed by atoms with Crippen molar-refractivity contribution >= 4 is 13.4 Å². The molecule has 0 heterocycles. The Hall–Kier alpha value is -0.670. The number of hydrogen-bond donors (Lipinski definition) is 0. The summed E-state index contributed by atoms with van der Waals surface area (Å²) < 4.78 is 37.9. The van der Waals surface area contributed by atoms with Crippen molar-refractivity contribution in [3.05, 3.63) is 47.0 Å². The van der Waals surface area contributed by atoms with E-state index in [0.717, 1.165) is 36.0 Å². The van der Waals surface area contributed by atoms with Gasteiger partial charge in [0, 0.05) is 5.56 Å². The van der Waals surface area contributed by atoms with Crippen LogP contribution >= 0.6 is 7.82 Å². The molecule has 11 heteroatoms. The Labute approximate surface area is 238 Å². The number of ether oxygens (including phenoxy) is 4. The number of methoxy groups -OCH3 is 4. The first-order valence-corrected chi connectivity index (χ1v) is 11.2. The van der Waals surface area contributed by atoms with Crippen LogP contribution in [0.3, 0.4) is 0 Å². The number of allylic oxidation sites excluding steroid dienone is 1. The summed E-state index contributed by atoms with van der Waals surface area (Å²) >= 11 is 0. The molecule has 0 saturated carbocycles. The van der Waals surface area contributed by atoms with Crippen LogP contribution in [-0.4, -0.2) is 28.4 Å². The Morgan fingerprint density at radius 1 is 0.818 bits per heavy atom. The monoisotopic (exact) mass is 494 g/mol. The fraction of sp³-hybridized carbons (Fsp3) is 0.364. The van der Waals surface area contributed by atoms with Crippen molar-refractivity contribution in [2.24, 2.45) is 0 Å². The summed E-state index contributed by atoms with van der Waals surface area (Å²) in [7, 11) is 0.726. The number of hydrogen-bond acceptors (Lipinski definition) is 8. The van der Waals surface area contributed by atoms with Crippen LogP contribution in [0.4, 0.5) is 0 Å². The Morgan fingerprint density at radius 2 is 1.42 bits per heavy atom. The van der Waals surface area contributed by atoms with Crippen molar-refractivity contribution in [1.29, 1.82) is 0 Å². The van der Waals surface area contributed by atoms with Crippen molar-refractivity contribution in [2.45, 2.75) is 25.7 Å². The normalized spacial score (nSPS) is 14.7. The van der Waals surface area contributed by atoms with Crippen molar-refractivity contribution in [2.75, 3.05) is 28.4 Å². The average molecular weight is 494 g/mol. The molecule has 0 spiro atoms. The average Bonchev–Trinajstić information content (AvgIpc) is 2.72. The molecular formula is C22H25Na2O8P. The van der Waals surface area contributed by atoms with Crippen molar-refractivity contribution < 1.29 is 96.9 Å². The molecule has 2 aromatic rings. The number of phosphoric acid groups is 1. The fourth-order valence-electron chi connectivity index (χ4n) is 3.79. The van der Waals surface area contributed by atoms with E-state index >= 15 is 0 Å². The van der Waals surface area contributed by atoms with E-state index in [2.05, 4.69) is 6.08 Å². The molecule has 168 valence electrons. The molecule has 0 fully saturated rings. The van der Waals surface area contributed by atoms with Crippen molar-refractivity contribution in [3.8, 4) is 28.7 Å². The molecule has 0 unspecified atom stereocenters. The van der Waals surface area contributed by atoms with Gasteiger partial charge in [0.25, 0.3) is 0 Å². The van der Waals surface area contributed by atoms with Gasteiger partial charge in [0.2, 0.25) is 5.75 Å². The van der Waals surface area contributed by atoms with Crippen LogP contribution in [0.15, 0.2) is 30.3 Å². The number of benzene rings is 2. The van der Waals surface area contributed by atoms with Crippen LogP contribution in [0.5, 0.6) is 28.7 Å². The van der Waals surface area contributed by atoms with Crippen LogP contribution in [-0.2, 0) is 11.0 Å². The molecule has 3 rings (SSSR count). The van der Waals surface area contributed by atoms with E-state index in [-0.39, 0.29) is 70.6 Å². The summed E-state index contributed by atoms with van der Waals surface area (Å²) in [6.45, 7) is 0. The van der Waals surface area contributed by atoms with Crippen LogP contribution in [0.2, 0.25) is 0 Å². The third-order valence-electron chi connectivity index (χ3n) is 5.14. The van der Waals surface area contributed by atoms with Gasteiger partial charge < -0.3 is 37.8 Å². The topological polar surface area (TPSA) is 109 Å². The van der Waals surface area contributed by atoms with E-state index < -0.39 is 7.82 Å². The third kappa shape index (κ3) is 7.17. The van der Waals surface area contributed by atoms with Crippen molar-refractivity contribution in [3.63, 3.8) is 0 Å². The van der Waals surface area contributed by atoms with Crippen LogP contribution in [0, 0.1) is 0 Å². The van der Waals surface area contributed by atoms with E-state index in [1.54, 1.807) is 20.3 Å². The maximum absolute atomic E-state index is 11.4. The largest absolute Gasteiger partial charge is 1.00 e. The van der Waals surface area contributed by atoms with Gasteiger partial charge >= 0.3 is 59.1 Å². The van der Waals surface area contributed by atoms with Crippen LogP contribution in [0.25, 0.3) is 5.57 Å². The zero-order valence-corrected chi connectivity index (χ0v) is 24.8. The first-order valence-electron chi connectivity index (χ1n) is 9.75. The maximum atomic E-state index is 11.4. The van der Waals surface area contributed by atoms with Gasteiger partial charge in [-0.2, -0.15) is 0 Å². The van der Waals surface area contributed by atoms with Gasteiger partial charge in [-0.05, 0) is 60.6 Å². The van der Waals surface area contributed by atoms with Crippen LogP contribution < -0.4 is 92.4 Å². The molecule has 0 radical (unpaired) electrons. The fourth-order valence-corrected chi connectivity index (χ4v) is 4.22. The molecular weight excluding hydrogens is 469 g/mol. The van der Waals surface area contributed by atoms with Gasteiger partial charge in [0.1, 0.15) is 7.82 Å². The minimum absolute atomic E-state index is 0. The van der Waals surface area contributed by atoms with E-state index in [1.807, 2.05) is 18.2 Å². The predicted octanol–water partition coefficient (Wildman–Crippen LogP) is -2.91. The summed E-state index contributed by atoms with van der Waals surface area (Å²) in [6.07, 6.45) is 5.12. The summed E-state index contributed by atoms with van der Waals surface area (Å²) in [5.41, 5.74) is 2.98. The Bertz CT molecular complexity index is 1010. The Balaban J connectivity index is 0.00000272. The predicted molar refractivity (Wildman–Crippen MR) is 112 cm³/mol. The summed E-state index contributed by atoms with van der Waals surface area (Å²) in [5.74, 6) is 1.59. The molecule has 2 aromatic carbocycles. The molecule has 0 N–H and O–H groups in total. The van der Waals surface area contributed by atoms with Gasteiger partial charge in [-0.25, -0.2) is 0 Å². The molecule has 0 aromatic heterocycles. The number of rotatable bonds is 7. The first-order chi connectivity index (χ1) is 14.8. The molecule has 1 aliphatic carbocycles. The summed E-state index contributed by atoms with van der Waals surface area (Å²) in [4.78, 5) is 22.9. The first kappa shape index (κ1) is 30.4. The minimum atomic E-state index is -5.28. The molecule has 0 atom stereocenters. The van der Waals surface area contributed by atoms with E-state index in [0.29, 0.717) is 29.2 Å². The standard InChI is InChI=1S/C22H27O8P.2Na/c1-26-18-11-10-16-15(14-12-19(27-2)22(29-4)20(13-14)28-3)8-6-5-7-9-17(16)21(18)30-31(23,24)25;;/h8,10-13H,5-7,9H2,1-4H3,(H2,23,24,25);;/q;2*+1/p-2/b15-8-;;. The molecule has 0 bridgehead atoms. The molecule has 8 nitrogen and oxygen atoms in total. The molecule has 1 aliphatic rings. The van der Waals surface area contributed by atoms with Crippen LogP contribution in [0.1, 0.15) is 36.0 Å². The molecule has 0 saturated heterocycles. The van der Waals surface area contributed by atoms with Gasteiger partial charge in [-0.1, -0.05) is 12.1 Å². The maximum Gasteiger partial charge on any atom is 1.00 e. The zero-order chi connectivity index (χ0) is 22.6. The van der Waals surface area contributed by atoms with Gasteiger partial charge in [0.15, 0.2) is 23.0 Å². The summed E-state index contributed by atoms with van der Waals surface area (Å²) in [5, 5.41) is 0. The molecule has 0 amide bonds. The minimum Gasteiger partial charge on any atom is -0.780 e. The number of phosphoric ester groups is 1. The van der Waals surface area contributed by atoms with Gasteiger partial charge in [0.05, 0.1) is 28.4 Å². The van der Waals surface area contributed by atoms with E-state index in [4.69, 9.17) is 23.5 Å². The molecule has 0 aliphatic heterocycles. The Morgan fingerprint density at radius 3 is 1.94 bits per heavy atom. The van der Waals surface area contributed by atoms with Gasteiger partial charge in [-0.3, -0.25) is 0 Å². The zero-order valence-electron chi connectivity index (χ0n) is 19.9. The van der Waals surface area contributed by atoms with E-state index in [9.17, 15) is 14.4 Å². The summed E-state index contributed by atoms with van der Waals surface area (Å²) in [6, 6.07) is 7.09. The Kier molecular flexibility index (Phi) is 12.4.